The van der Waals surface area contributed by atoms with E-state index in [0.717, 1.165) is 33.3 Å². The Bertz CT molecular complexity index is 2380. The van der Waals surface area contributed by atoms with Crippen molar-refractivity contribution in [2.24, 2.45) is 0 Å². The number of aromatic nitrogens is 3. The van der Waals surface area contributed by atoms with Gasteiger partial charge in [0.15, 0.2) is 0 Å². The van der Waals surface area contributed by atoms with Crippen LogP contribution in [0.15, 0.2) is 128 Å². The molecule has 3 heterocycles. The minimum atomic E-state index is -0.0360. The first-order valence-electron chi connectivity index (χ1n) is 14.5. The molecule has 0 unspecified atom stereocenters. The smallest absolute Gasteiger partial charge is 0.137 e. The van der Waals surface area contributed by atoms with Crippen molar-refractivity contribution >= 4 is 38.2 Å². The van der Waals surface area contributed by atoms with Gasteiger partial charge in [-0.15, -0.1) is 0 Å². The Morgan fingerprint density at radius 2 is 1.29 bits per heavy atom. The fourth-order valence-corrected chi connectivity index (χ4v) is 7.14. The fourth-order valence-electron chi connectivity index (χ4n) is 7.14. The predicted molar refractivity (Wildman–Crippen MR) is 174 cm³/mol. The van der Waals surface area contributed by atoms with E-state index in [1.54, 1.807) is 0 Å². The van der Waals surface area contributed by atoms with E-state index in [2.05, 4.69) is 133 Å². The third-order valence-corrected chi connectivity index (χ3v) is 9.25. The molecule has 0 bridgehead atoms. The van der Waals surface area contributed by atoms with Gasteiger partial charge >= 0.3 is 0 Å². The zero-order valence-corrected chi connectivity index (χ0v) is 23.5. The molecule has 0 saturated heterocycles. The van der Waals surface area contributed by atoms with Crippen LogP contribution in [-0.4, -0.2) is 14.4 Å². The molecule has 0 amide bonds. The second-order valence-corrected chi connectivity index (χ2v) is 11.9. The van der Waals surface area contributed by atoms with E-state index in [1.165, 1.54) is 49.5 Å². The van der Waals surface area contributed by atoms with Crippen molar-refractivity contribution in [3.63, 3.8) is 0 Å². The SMILES string of the molecule is CC1(C)c2ccccc2-c2ccc(-c3ccc4c(c3)c3cc(-c5ccccn5)ccc3c3nc5ccccn5c43)cc21. The number of rotatable bonds is 2. The van der Waals surface area contributed by atoms with Crippen molar-refractivity contribution in [1.29, 1.82) is 0 Å². The van der Waals surface area contributed by atoms with E-state index in [0.29, 0.717) is 0 Å². The molecule has 1 aliphatic rings. The monoisotopic (exact) mass is 537 g/mol. The van der Waals surface area contributed by atoms with Crippen LogP contribution in [0, 0.1) is 0 Å². The first kappa shape index (κ1) is 23.4. The van der Waals surface area contributed by atoms with Crippen molar-refractivity contribution in [2.45, 2.75) is 19.3 Å². The normalized spacial score (nSPS) is 13.7. The van der Waals surface area contributed by atoms with E-state index in [4.69, 9.17) is 4.98 Å². The van der Waals surface area contributed by atoms with Gasteiger partial charge in [-0.25, -0.2) is 4.98 Å². The molecule has 0 fully saturated rings. The standard InChI is InChI=1S/C39H27N3/c1-39(2)33-10-4-3-9-27(33)28-16-13-25(23-34(28)39)24-14-18-30-32(21-24)31-22-26(35-11-5-7-19-40-35)15-17-29(31)37-38(30)42-20-8-6-12-36(42)41-37/h3-23H,1-2H3. The Labute approximate surface area is 243 Å². The summed E-state index contributed by atoms with van der Waals surface area (Å²) in [6.45, 7) is 4.69. The van der Waals surface area contributed by atoms with Gasteiger partial charge in [0.05, 0.1) is 16.7 Å². The molecule has 1 aliphatic carbocycles. The third kappa shape index (κ3) is 3.16. The highest BCUT2D eigenvalue weighted by Gasteiger charge is 2.35. The van der Waals surface area contributed by atoms with Gasteiger partial charge in [-0.3, -0.25) is 9.38 Å². The molecule has 0 saturated carbocycles. The average Bonchev–Trinajstić information content (AvgIpc) is 3.54. The van der Waals surface area contributed by atoms with Gasteiger partial charge in [0.1, 0.15) is 5.65 Å². The van der Waals surface area contributed by atoms with Gasteiger partial charge in [-0.1, -0.05) is 86.6 Å². The zero-order valence-electron chi connectivity index (χ0n) is 23.5. The maximum absolute atomic E-state index is 5.10. The molecule has 0 aliphatic heterocycles. The number of pyridine rings is 2. The molecule has 8 aromatic rings. The average molecular weight is 538 g/mol. The lowest BCUT2D eigenvalue weighted by Crippen LogP contribution is -2.14. The second-order valence-electron chi connectivity index (χ2n) is 11.9. The van der Waals surface area contributed by atoms with Crippen LogP contribution in [-0.2, 0) is 5.41 Å². The minimum absolute atomic E-state index is 0.0360. The van der Waals surface area contributed by atoms with Crippen LogP contribution in [0.1, 0.15) is 25.0 Å². The Morgan fingerprint density at radius 3 is 2.19 bits per heavy atom. The Morgan fingerprint density at radius 1 is 0.571 bits per heavy atom. The molecule has 0 spiro atoms. The Kier molecular flexibility index (Phi) is 4.67. The van der Waals surface area contributed by atoms with Gasteiger partial charge in [0.25, 0.3) is 0 Å². The number of hydrogen-bond acceptors (Lipinski definition) is 2. The lowest BCUT2D eigenvalue weighted by Gasteiger charge is -2.22. The van der Waals surface area contributed by atoms with E-state index in [-0.39, 0.29) is 5.41 Å². The molecular formula is C39H27N3. The molecule has 5 aromatic carbocycles. The maximum atomic E-state index is 5.10. The number of hydrogen-bond donors (Lipinski definition) is 0. The lowest BCUT2D eigenvalue weighted by atomic mass is 9.81. The van der Waals surface area contributed by atoms with E-state index >= 15 is 0 Å². The van der Waals surface area contributed by atoms with Gasteiger partial charge in [-0.05, 0) is 86.6 Å². The Balaban J connectivity index is 1.33. The summed E-state index contributed by atoms with van der Waals surface area (Å²) >= 11 is 0. The summed E-state index contributed by atoms with van der Waals surface area (Å²) in [4.78, 5) is 9.74. The highest BCUT2D eigenvalue weighted by Crippen LogP contribution is 2.49. The number of nitrogens with zero attached hydrogens (tertiary/aromatic N) is 3. The number of imidazole rings is 1. The highest BCUT2D eigenvalue weighted by molar-refractivity contribution is 6.25. The zero-order chi connectivity index (χ0) is 28.0. The molecule has 0 atom stereocenters. The van der Waals surface area contributed by atoms with E-state index < -0.39 is 0 Å². The molecule has 0 N–H and O–H groups in total. The second kappa shape index (κ2) is 8.37. The summed E-state index contributed by atoms with van der Waals surface area (Å²) in [5, 5.41) is 4.77. The van der Waals surface area contributed by atoms with Crippen molar-refractivity contribution < 1.29 is 0 Å². The van der Waals surface area contributed by atoms with Crippen LogP contribution in [0.2, 0.25) is 0 Å². The predicted octanol–water partition coefficient (Wildman–Crippen LogP) is 9.83. The van der Waals surface area contributed by atoms with Gasteiger partial charge < -0.3 is 0 Å². The Hall–Kier alpha value is -5.28. The van der Waals surface area contributed by atoms with Crippen molar-refractivity contribution in [1.82, 2.24) is 14.4 Å². The van der Waals surface area contributed by atoms with Crippen LogP contribution < -0.4 is 0 Å². The highest BCUT2D eigenvalue weighted by atomic mass is 15.0. The molecule has 3 nitrogen and oxygen atoms in total. The molecule has 9 rings (SSSR count). The van der Waals surface area contributed by atoms with Gasteiger partial charge in [0, 0.05) is 34.1 Å². The molecule has 42 heavy (non-hydrogen) atoms. The van der Waals surface area contributed by atoms with E-state index in [9.17, 15) is 0 Å². The summed E-state index contributed by atoms with van der Waals surface area (Å²) in [5.74, 6) is 0. The minimum Gasteiger partial charge on any atom is -0.299 e. The van der Waals surface area contributed by atoms with Crippen LogP contribution in [0.3, 0.4) is 0 Å². The van der Waals surface area contributed by atoms with Crippen molar-refractivity contribution in [2.75, 3.05) is 0 Å². The summed E-state index contributed by atoms with van der Waals surface area (Å²) < 4.78 is 2.22. The molecule has 198 valence electrons. The third-order valence-electron chi connectivity index (χ3n) is 9.25. The van der Waals surface area contributed by atoms with Crippen LogP contribution in [0.25, 0.3) is 71.7 Å². The molecular weight excluding hydrogens is 510 g/mol. The first-order chi connectivity index (χ1) is 20.6. The molecule has 3 aromatic heterocycles. The lowest BCUT2D eigenvalue weighted by molar-refractivity contribution is 0.660. The van der Waals surface area contributed by atoms with E-state index in [1.807, 2.05) is 18.3 Å². The fraction of sp³-hybridized carbons (Fsp3) is 0.0769. The van der Waals surface area contributed by atoms with Gasteiger partial charge in [-0.2, -0.15) is 0 Å². The van der Waals surface area contributed by atoms with Crippen molar-refractivity contribution in [3.05, 3.63) is 139 Å². The summed E-state index contributed by atoms with van der Waals surface area (Å²) in [6.07, 6.45) is 3.97. The maximum Gasteiger partial charge on any atom is 0.137 e. The number of fused-ring (bicyclic) bond motifs is 11. The molecule has 0 radical (unpaired) electrons. The van der Waals surface area contributed by atoms with Crippen LogP contribution >= 0.6 is 0 Å². The summed E-state index contributed by atoms with van der Waals surface area (Å²) in [5.41, 5.74) is 13.1. The largest absolute Gasteiger partial charge is 0.299 e. The van der Waals surface area contributed by atoms with Crippen molar-refractivity contribution in [3.8, 4) is 33.5 Å². The summed E-state index contributed by atoms with van der Waals surface area (Å²) in [6, 6.07) is 41.7. The quantitative estimate of drug-likeness (QED) is 0.205. The summed E-state index contributed by atoms with van der Waals surface area (Å²) in [7, 11) is 0. The first-order valence-corrected chi connectivity index (χ1v) is 14.5. The van der Waals surface area contributed by atoms with Gasteiger partial charge in [0.2, 0.25) is 0 Å². The van der Waals surface area contributed by atoms with Crippen LogP contribution in [0.5, 0.6) is 0 Å². The topological polar surface area (TPSA) is 30.2 Å². The van der Waals surface area contributed by atoms with Crippen LogP contribution in [0.4, 0.5) is 0 Å². The molecule has 3 heteroatoms. The number of benzene rings is 5.